The van der Waals surface area contributed by atoms with E-state index in [1.165, 1.54) is 18.2 Å². The number of halogens is 5. The van der Waals surface area contributed by atoms with Gasteiger partial charge in [-0.1, -0.05) is 22.8 Å². The first-order chi connectivity index (χ1) is 13.8. The van der Waals surface area contributed by atoms with Crippen molar-refractivity contribution in [2.45, 2.75) is 31.2 Å². The third-order valence-corrected chi connectivity index (χ3v) is 4.98. The fraction of sp³-hybridized carbons (Fsp3) is 0.294. The standard InChI is InChI=1S/C17H11ClF4N4O3/c18-10-5-8(19)1-2-9(10)17(3-4-17)16-23-15(29-25-16)11-6-12(14(20)21)26(24-11)7-13(27)28-22/h1-2,5-6,14H,3-4,7H2. The number of benzene rings is 1. The van der Waals surface area contributed by atoms with Crippen LogP contribution >= 0.6 is 11.6 Å². The number of carbonyl (C=O) groups excluding carboxylic acids is 1. The van der Waals surface area contributed by atoms with Gasteiger partial charge < -0.3 is 4.52 Å². The van der Waals surface area contributed by atoms with Crippen LogP contribution in [0.2, 0.25) is 5.02 Å². The molecule has 4 rings (SSSR count). The normalized spacial score (nSPS) is 15.0. The Labute approximate surface area is 165 Å². The van der Waals surface area contributed by atoms with E-state index in [2.05, 4.69) is 20.2 Å². The van der Waals surface area contributed by atoms with E-state index < -0.39 is 35.9 Å². The van der Waals surface area contributed by atoms with E-state index in [1.54, 1.807) is 0 Å². The van der Waals surface area contributed by atoms with Gasteiger partial charge in [-0.15, -0.1) is 0 Å². The molecule has 12 heteroatoms. The zero-order valence-corrected chi connectivity index (χ0v) is 15.2. The van der Waals surface area contributed by atoms with Crippen LogP contribution < -0.4 is 0 Å². The maximum Gasteiger partial charge on any atom is 0.370 e. The number of aromatic nitrogens is 4. The van der Waals surface area contributed by atoms with Gasteiger partial charge in [-0.2, -0.15) is 10.1 Å². The number of rotatable bonds is 6. The van der Waals surface area contributed by atoms with Crippen molar-refractivity contribution < 1.29 is 32.0 Å². The van der Waals surface area contributed by atoms with Gasteiger partial charge in [0.15, 0.2) is 11.5 Å². The van der Waals surface area contributed by atoms with Crippen LogP contribution in [0.5, 0.6) is 0 Å². The lowest BCUT2D eigenvalue weighted by atomic mass is 9.95. The predicted octanol–water partition coefficient (Wildman–Crippen LogP) is 4.17. The maximum atomic E-state index is 13.3. The van der Waals surface area contributed by atoms with Crippen LogP contribution in [0, 0.1) is 5.82 Å². The highest BCUT2D eigenvalue weighted by Crippen LogP contribution is 2.54. The largest absolute Gasteiger partial charge is 0.370 e. The van der Waals surface area contributed by atoms with Crippen LogP contribution in [0.1, 0.15) is 36.3 Å². The summed E-state index contributed by atoms with van der Waals surface area (Å²) in [5, 5.41) is 7.92. The first-order valence-corrected chi connectivity index (χ1v) is 8.69. The van der Waals surface area contributed by atoms with E-state index >= 15 is 0 Å². The molecule has 1 aliphatic rings. The Balaban J connectivity index is 1.68. The molecule has 152 valence electrons. The molecule has 0 unspecified atom stereocenters. The highest BCUT2D eigenvalue weighted by Gasteiger charge is 2.51. The number of hydrogen-bond donors (Lipinski definition) is 0. The van der Waals surface area contributed by atoms with Crippen molar-refractivity contribution in [1.29, 1.82) is 0 Å². The van der Waals surface area contributed by atoms with E-state index in [4.69, 9.17) is 16.1 Å². The quantitative estimate of drug-likeness (QED) is 0.546. The molecule has 0 N–H and O–H groups in total. The average molecular weight is 431 g/mol. The summed E-state index contributed by atoms with van der Waals surface area (Å²) in [6.07, 6.45) is -1.72. The van der Waals surface area contributed by atoms with Crippen LogP contribution in [-0.4, -0.2) is 25.9 Å². The lowest BCUT2D eigenvalue weighted by Gasteiger charge is -2.12. The van der Waals surface area contributed by atoms with Gasteiger partial charge in [0.05, 0.1) is 5.41 Å². The minimum atomic E-state index is -2.99. The molecule has 29 heavy (non-hydrogen) atoms. The monoisotopic (exact) mass is 430 g/mol. The first kappa shape index (κ1) is 19.4. The minimum absolute atomic E-state index is 0.119. The molecule has 0 spiro atoms. The average Bonchev–Trinajstić information content (AvgIpc) is 3.13. The summed E-state index contributed by atoms with van der Waals surface area (Å²) in [6.45, 7) is -0.855. The molecule has 1 aromatic carbocycles. The molecular weight excluding hydrogens is 420 g/mol. The van der Waals surface area contributed by atoms with Gasteiger partial charge >= 0.3 is 5.97 Å². The van der Waals surface area contributed by atoms with E-state index in [1.807, 2.05) is 0 Å². The van der Waals surface area contributed by atoms with Crippen LogP contribution in [0.25, 0.3) is 11.6 Å². The van der Waals surface area contributed by atoms with Gasteiger partial charge in [0.1, 0.15) is 18.1 Å². The third kappa shape index (κ3) is 3.46. The maximum absolute atomic E-state index is 13.3. The molecule has 0 atom stereocenters. The second-order valence-corrected chi connectivity index (χ2v) is 6.90. The second kappa shape index (κ2) is 7.14. The number of nitrogens with zero attached hydrogens (tertiary/aromatic N) is 4. The molecule has 0 saturated heterocycles. The number of hydrogen-bond acceptors (Lipinski definition) is 6. The van der Waals surface area contributed by atoms with Gasteiger partial charge in [0, 0.05) is 9.55 Å². The number of carbonyl (C=O) groups is 1. The van der Waals surface area contributed by atoms with Crippen molar-refractivity contribution >= 4 is 17.6 Å². The van der Waals surface area contributed by atoms with Crippen LogP contribution in [-0.2, 0) is 21.7 Å². The van der Waals surface area contributed by atoms with E-state index in [9.17, 15) is 22.5 Å². The van der Waals surface area contributed by atoms with E-state index in [-0.39, 0.29) is 22.4 Å². The third-order valence-electron chi connectivity index (χ3n) is 4.67. The summed E-state index contributed by atoms with van der Waals surface area (Å²) in [6, 6.07) is 4.94. The highest BCUT2D eigenvalue weighted by molar-refractivity contribution is 6.31. The van der Waals surface area contributed by atoms with Gasteiger partial charge in [-0.25, -0.2) is 18.0 Å². The van der Waals surface area contributed by atoms with Crippen molar-refractivity contribution in [1.82, 2.24) is 19.9 Å². The van der Waals surface area contributed by atoms with Gasteiger partial charge in [0.2, 0.25) is 0 Å². The summed E-state index contributed by atoms with van der Waals surface area (Å²) in [5.74, 6) is -1.80. The fourth-order valence-electron chi connectivity index (χ4n) is 3.12. The Bertz CT molecular complexity index is 1080. The zero-order valence-electron chi connectivity index (χ0n) is 14.4. The molecule has 1 saturated carbocycles. The summed E-state index contributed by atoms with van der Waals surface area (Å²) in [5.41, 5.74) is -0.810. The van der Waals surface area contributed by atoms with Crippen LogP contribution in [0.3, 0.4) is 0 Å². The molecule has 0 aliphatic heterocycles. The first-order valence-electron chi connectivity index (χ1n) is 8.31. The van der Waals surface area contributed by atoms with Crippen molar-refractivity contribution in [2.75, 3.05) is 0 Å². The zero-order chi connectivity index (χ0) is 20.8. The van der Waals surface area contributed by atoms with Crippen LogP contribution in [0.4, 0.5) is 17.7 Å². The van der Waals surface area contributed by atoms with E-state index in [0.717, 1.165) is 6.07 Å². The van der Waals surface area contributed by atoms with Gasteiger partial charge in [0.25, 0.3) is 12.3 Å². The van der Waals surface area contributed by atoms with E-state index in [0.29, 0.717) is 23.1 Å². The summed E-state index contributed by atoms with van der Waals surface area (Å²) in [4.78, 5) is 18.3. The molecule has 1 aliphatic carbocycles. The molecule has 2 aromatic heterocycles. The molecule has 7 nitrogen and oxygen atoms in total. The minimum Gasteiger partial charge on any atom is -0.332 e. The predicted molar refractivity (Wildman–Crippen MR) is 89.1 cm³/mol. The molecule has 1 fully saturated rings. The molecular formula is C17H11ClF4N4O3. The van der Waals surface area contributed by atoms with Gasteiger partial charge in [-0.3, -0.25) is 9.62 Å². The van der Waals surface area contributed by atoms with Crippen molar-refractivity contribution in [3.8, 4) is 11.6 Å². The fourth-order valence-corrected chi connectivity index (χ4v) is 3.47. The smallest absolute Gasteiger partial charge is 0.332 e. The molecule has 0 bridgehead atoms. The highest BCUT2D eigenvalue weighted by atomic mass is 35.5. The Hall–Kier alpha value is -2.95. The Kier molecular flexibility index (Phi) is 4.77. The topological polar surface area (TPSA) is 83.0 Å². The molecule has 2 heterocycles. The molecule has 0 amide bonds. The summed E-state index contributed by atoms with van der Waals surface area (Å²) >= 11 is 6.15. The van der Waals surface area contributed by atoms with Crippen LogP contribution in [0.15, 0.2) is 28.8 Å². The van der Waals surface area contributed by atoms with Crippen molar-refractivity contribution in [3.63, 3.8) is 0 Å². The lowest BCUT2D eigenvalue weighted by Crippen LogP contribution is -2.14. The molecule has 0 radical (unpaired) electrons. The van der Waals surface area contributed by atoms with Crippen molar-refractivity contribution in [2.24, 2.45) is 0 Å². The lowest BCUT2D eigenvalue weighted by molar-refractivity contribution is -0.184. The van der Waals surface area contributed by atoms with Gasteiger partial charge in [-0.05, 0) is 36.6 Å². The Morgan fingerprint density at radius 1 is 1.34 bits per heavy atom. The SMILES string of the molecule is O=C(Cn1nc(-c2nc(C3(c4ccc(F)cc4Cl)CC3)no2)cc1C(F)F)OF. The number of alkyl halides is 2. The Morgan fingerprint density at radius 2 is 2.10 bits per heavy atom. The molecule has 3 aromatic rings. The Morgan fingerprint density at radius 3 is 2.72 bits per heavy atom. The summed E-state index contributed by atoms with van der Waals surface area (Å²) < 4.78 is 57.4. The van der Waals surface area contributed by atoms with Crippen molar-refractivity contribution in [3.05, 3.63) is 52.2 Å². The second-order valence-electron chi connectivity index (χ2n) is 6.49. The summed E-state index contributed by atoms with van der Waals surface area (Å²) in [7, 11) is 0.